The summed E-state index contributed by atoms with van der Waals surface area (Å²) in [5, 5.41) is 8.29. The quantitative estimate of drug-likeness (QED) is 0.819. The van der Waals surface area contributed by atoms with Crippen LogP contribution in [0.4, 0.5) is 5.69 Å². The fourth-order valence-corrected chi connectivity index (χ4v) is 2.16. The summed E-state index contributed by atoms with van der Waals surface area (Å²) >= 11 is 0. The van der Waals surface area contributed by atoms with E-state index in [-0.39, 0.29) is 4.90 Å². The van der Waals surface area contributed by atoms with Crippen LogP contribution in [0, 0.1) is 5.92 Å². The monoisotopic (exact) mass is 256 g/mol. The van der Waals surface area contributed by atoms with E-state index in [1.165, 1.54) is 25.0 Å². The Kier molecular flexibility index (Phi) is 4.96. The summed E-state index contributed by atoms with van der Waals surface area (Å²) in [6, 6.07) is 6.50. The Morgan fingerprint density at radius 3 is 2.35 bits per heavy atom. The van der Waals surface area contributed by atoms with Gasteiger partial charge in [-0.2, -0.15) is 0 Å². The van der Waals surface area contributed by atoms with Crippen LogP contribution < -0.4 is 10.5 Å². The molecule has 0 saturated carbocycles. The Morgan fingerprint density at radius 1 is 1.29 bits per heavy atom. The second kappa shape index (κ2) is 6.02. The molecule has 17 heavy (non-hydrogen) atoms. The largest absolute Gasteiger partial charge is 0.385 e. The molecule has 5 heteroatoms. The molecular weight excluding hydrogens is 236 g/mol. The molecule has 0 aliphatic carbocycles. The standard InChI is InChI=1S/C12H20N2O2S/c1-3-4-10(2)9-14-11-5-7-12(8-6-11)17(13,15)16/h5-8,10,14H,3-4,9H2,1-2H3,(H2,13,15,16). The first-order valence-corrected chi connectivity index (χ1v) is 7.35. The normalized spacial score (nSPS) is 13.4. The maximum absolute atomic E-state index is 11.1. The summed E-state index contributed by atoms with van der Waals surface area (Å²) in [6.07, 6.45) is 2.36. The van der Waals surface area contributed by atoms with Crippen LogP contribution in [0.1, 0.15) is 26.7 Å². The second-order valence-electron chi connectivity index (χ2n) is 4.34. The summed E-state index contributed by atoms with van der Waals surface area (Å²) in [4.78, 5) is 0.143. The van der Waals surface area contributed by atoms with E-state index in [0.717, 1.165) is 12.2 Å². The van der Waals surface area contributed by atoms with Crippen molar-refractivity contribution in [1.82, 2.24) is 0 Å². The van der Waals surface area contributed by atoms with Crippen LogP contribution in [0.25, 0.3) is 0 Å². The molecule has 0 bridgehead atoms. The van der Waals surface area contributed by atoms with E-state index >= 15 is 0 Å². The third-order valence-electron chi connectivity index (χ3n) is 2.62. The third-order valence-corrected chi connectivity index (χ3v) is 3.55. The molecule has 1 rings (SSSR count). The number of primary sulfonamides is 1. The van der Waals surface area contributed by atoms with E-state index in [4.69, 9.17) is 5.14 Å². The van der Waals surface area contributed by atoms with Crippen molar-refractivity contribution in [2.24, 2.45) is 11.1 Å². The van der Waals surface area contributed by atoms with Gasteiger partial charge in [-0.15, -0.1) is 0 Å². The van der Waals surface area contributed by atoms with Crippen molar-refractivity contribution in [3.63, 3.8) is 0 Å². The predicted molar refractivity (Wildman–Crippen MR) is 70.4 cm³/mol. The first-order chi connectivity index (χ1) is 7.93. The van der Waals surface area contributed by atoms with Gasteiger partial charge in [-0.25, -0.2) is 13.6 Å². The minimum atomic E-state index is -3.59. The second-order valence-corrected chi connectivity index (χ2v) is 5.91. The van der Waals surface area contributed by atoms with Gasteiger partial charge in [0, 0.05) is 12.2 Å². The van der Waals surface area contributed by atoms with Crippen molar-refractivity contribution in [1.29, 1.82) is 0 Å². The highest BCUT2D eigenvalue weighted by Gasteiger charge is 2.06. The minimum Gasteiger partial charge on any atom is -0.385 e. The van der Waals surface area contributed by atoms with Crippen LogP contribution >= 0.6 is 0 Å². The van der Waals surface area contributed by atoms with E-state index < -0.39 is 10.0 Å². The van der Waals surface area contributed by atoms with Gasteiger partial charge in [-0.05, 0) is 36.6 Å². The summed E-state index contributed by atoms with van der Waals surface area (Å²) in [5.74, 6) is 0.609. The fraction of sp³-hybridized carbons (Fsp3) is 0.500. The lowest BCUT2D eigenvalue weighted by molar-refractivity contribution is 0.551. The number of rotatable bonds is 6. The number of hydrogen-bond donors (Lipinski definition) is 2. The van der Waals surface area contributed by atoms with Gasteiger partial charge in [0.15, 0.2) is 0 Å². The highest BCUT2D eigenvalue weighted by atomic mass is 32.2. The minimum absolute atomic E-state index is 0.143. The molecule has 1 aromatic rings. The van der Waals surface area contributed by atoms with Gasteiger partial charge in [0.1, 0.15) is 0 Å². The van der Waals surface area contributed by atoms with Gasteiger partial charge in [-0.1, -0.05) is 20.3 Å². The lowest BCUT2D eigenvalue weighted by Gasteiger charge is -2.12. The van der Waals surface area contributed by atoms with Crippen molar-refractivity contribution >= 4 is 15.7 Å². The van der Waals surface area contributed by atoms with E-state index in [1.807, 2.05) is 0 Å². The molecule has 0 aliphatic rings. The molecule has 1 aromatic carbocycles. The SMILES string of the molecule is CCCC(C)CNc1ccc(S(N)(=O)=O)cc1. The molecule has 3 N–H and O–H groups in total. The number of nitrogens with one attached hydrogen (secondary N) is 1. The molecule has 0 saturated heterocycles. The zero-order valence-electron chi connectivity index (χ0n) is 10.3. The molecule has 0 spiro atoms. The van der Waals surface area contributed by atoms with Crippen LogP contribution in [-0.2, 0) is 10.0 Å². The van der Waals surface area contributed by atoms with E-state index in [0.29, 0.717) is 5.92 Å². The highest BCUT2D eigenvalue weighted by Crippen LogP contribution is 2.14. The Morgan fingerprint density at radius 2 is 1.88 bits per heavy atom. The van der Waals surface area contributed by atoms with Gasteiger partial charge in [0.25, 0.3) is 0 Å². The average molecular weight is 256 g/mol. The van der Waals surface area contributed by atoms with Crippen molar-refractivity contribution in [2.75, 3.05) is 11.9 Å². The lowest BCUT2D eigenvalue weighted by atomic mass is 10.1. The number of benzene rings is 1. The average Bonchev–Trinajstić information content (AvgIpc) is 2.26. The zero-order valence-corrected chi connectivity index (χ0v) is 11.1. The van der Waals surface area contributed by atoms with Gasteiger partial charge >= 0.3 is 0 Å². The Labute approximate surface area is 103 Å². The Balaban J connectivity index is 2.57. The molecule has 0 aliphatic heterocycles. The van der Waals surface area contributed by atoms with Crippen LogP contribution in [0.15, 0.2) is 29.2 Å². The lowest BCUT2D eigenvalue weighted by Crippen LogP contribution is -2.13. The number of nitrogens with two attached hydrogens (primary N) is 1. The van der Waals surface area contributed by atoms with Crippen molar-refractivity contribution in [2.45, 2.75) is 31.6 Å². The summed E-state index contributed by atoms with van der Waals surface area (Å²) in [7, 11) is -3.59. The molecule has 0 heterocycles. The maximum Gasteiger partial charge on any atom is 0.238 e. The van der Waals surface area contributed by atoms with Gasteiger partial charge in [-0.3, -0.25) is 0 Å². The topological polar surface area (TPSA) is 72.2 Å². The smallest absolute Gasteiger partial charge is 0.238 e. The number of anilines is 1. The molecule has 0 radical (unpaired) electrons. The van der Waals surface area contributed by atoms with E-state index in [2.05, 4.69) is 19.2 Å². The maximum atomic E-state index is 11.1. The van der Waals surface area contributed by atoms with Crippen LogP contribution in [-0.4, -0.2) is 15.0 Å². The molecule has 1 unspecified atom stereocenters. The van der Waals surface area contributed by atoms with Gasteiger partial charge in [0.05, 0.1) is 4.90 Å². The number of hydrogen-bond acceptors (Lipinski definition) is 3. The van der Waals surface area contributed by atoms with Gasteiger partial charge < -0.3 is 5.32 Å². The van der Waals surface area contributed by atoms with Crippen LogP contribution in [0.2, 0.25) is 0 Å². The first-order valence-electron chi connectivity index (χ1n) is 5.80. The van der Waals surface area contributed by atoms with E-state index in [9.17, 15) is 8.42 Å². The molecule has 0 aromatic heterocycles. The molecule has 1 atom stereocenters. The van der Waals surface area contributed by atoms with Crippen molar-refractivity contribution in [3.8, 4) is 0 Å². The Hall–Kier alpha value is -1.07. The predicted octanol–water partition coefficient (Wildman–Crippen LogP) is 2.18. The Bertz CT molecular complexity index is 440. The van der Waals surface area contributed by atoms with Crippen molar-refractivity contribution in [3.05, 3.63) is 24.3 Å². The molecule has 96 valence electrons. The molecular formula is C12H20N2O2S. The molecule has 0 amide bonds. The van der Waals surface area contributed by atoms with E-state index in [1.54, 1.807) is 12.1 Å². The van der Waals surface area contributed by atoms with Crippen molar-refractivity contribution < 1.29 is 8.42 Å². The zero-order chi connectivity index (χ0) is 12.9. The summed E-state index contributed by atoms with van der Waals surface area (Å²) < 4.78 is 22.1. The summed E-state index contributed by atoms with van der Waals surface area (Å²) in [5.41, 5.74) is 0.917. The third kappa shape index (κ3) is 4.75. The highest BCUT2D eigenvalue weighted by molar-refractivity contribution is 7.89. The molecule has 4 nitrogen and oxygen atoms in total. The number of sulfonamides is 1. The van der Waals surface area contributed by atoms with Crippen LogP contribution in [0.5, 0.6) is 0 Å². The van der Waals surface area contributed by atoms with Crippen LogP contribution in [0.3, 0.4) is 0 Å². The summed E-state index contributed by atoms with van der Waals surface area (Å²) in [6.45, 7) is 5.25. The van der Waals surface area contributed by atoms with Gasteiger partial charge in [0.2, 0.25) is 10.0 Å². The first kappa shape index (κ1) is 14.0. The fourth-order valence-electron chi connectivity index (χ4n) is 1.65. The molecule has 0 fully saturated rings.